The molecule has 0 fully saturated rings. The molecule has 0 saturated heterocycles. The van der Waals surface area contributed by atoms with Crippen molar-refractivity contribution in [1.29, 1.82) is 5.26 Å². The average Bonchev–Trinajstić information content (AvgIpc) is 2.74. The molecule has 150 valence electrons. The first kappa shape index (κ1) is 19.9. The number of nitrogens with zero attached hydrogens (tertiary/aromatic N) is 3. The maximum atomic E-state index is 13.0. The summed E-state index contributed by atoms with van der Waals surface area (Å²) >= 11 is 3.42. The fourth-order valence-electron chi connectivity index (χ4n) is 4.09. The Kier molecular flexibility index (Phi) is 5.14. The molecule has 0 radical (unpaired) electrons. The molecule has 0 amide bonds. The number of nitro groups is 1. The molecule has 2 aliphatic rings. The van der Waals surface area contributed by atoms with Crippen molar-refractivity contribution in [1.82, 2.24) is 0 Å². The van der Waals surface area contributed by atoms with Gasteiger partial charge in [-0.1, -0.05) is 28.1 Å². The summed E-state index contributed by atoms with van der Waals surface area (Å²) < 4.78 is 0.906. The normalized spacial score (nSPS) is 18.9. The lowest BCUT2D eigenvalue weighted by Crippen LogP contribution is -2.38. The Hall–Kier alpha value is -3.44. The predicted octanol–water partition coefficient (Wildman–Crippen LogP) is 4.66. The summed E-state index contributed by atoms with van der Waals surface area (Å²) in [5, 5.41) is 21.0. The lowest BCUT2D eigenvalue weighted by Gasteiger charge is -2.39. The van der Waals surface area contributed by atoms with E-state index in [-0.39, 0.29) is 22.9 Å². The Morgan fingerprint density at radius 1 is 1.13 bits per heavy atom. The summed E-state index contributed by atoms with van der Waals surface area (Å²) in [4.78, 5) is 25.3. The van der Waals surface area contributed by atoms with Gasteiger partial charge in [0.2, 0.25) is 0 Å². The van der Waals surface area contributed by atoms with Crippen LogP contribution in [0.2, 0.25) is 0 Å². The average molecular weight is 465 g/mol. The summed E-state index contributed by atoms with van der Waals surface area (Å²) in [5.74, 6) is -0.385. The molecule has 0 aromatic heterocycles. The van der Waals surface area contributed by atoms with Gasteiger partial charge in [-0.05, 0) is 42.7 Å². The van der Waals surface area contributed by atoms with E-state index in [1.165, 1.54) is 12.1 Å². The molecule has 2 aromatic carbocycles. The highest BCUT2D eigenvalue weighted by atomic mass is 79.9. The van der Waals surface area contributed by atoms with E-state index < -0.39 is 10.8 Å². The zero-order valence-electron chi connectivity index (χ0n) is 15.8. The first-order chi connectivity index (χ1) is 14.4. The molecule has 1 aliphatic heterocycles. The SMILES string of the molecule is N#CC1=C(N)N(c2ccc(Br)cc2)C2=C(C(=O)CCC2)C1c1ccc([N+](=O)[O-])cc1. The standard InChI is InChI=1S/C22H17BrN4O3/c23-14-6-10-15(11-7-14)26-18-2-1-3-19(28)21(18)20(17(12-24)22(26)25)13-4-8-16(9-5-13)27(29)30/h4-11,20H,1-3,25H2. The Bertz CT molecular complexity index is 1140. The fraction of sp³-hybridized carbons (Fsp3) is 0.182. The number of anilines is 1. The molecule has 4 rings (SSSR count). The van der Waals surface area contributed by atoms with E-state index in [2.05, 4.69) is 22.0 Å². The van der Waals surface area contributed by atoms with Crippen molar-refractivity contribution in [3.8, 4) is 6.07 Å². The van der Waals surface area contributed by atoms with Crippen LogP contribution in [0.3, 0.4) is 0 Å². The van der Waals surface area contributed by atoms with Gasteiger partial charge >= 0.3 is 0 Å². The van der Waals surface area contributed by atoms with Crippen molar-refractivity contribution in [2.45, 2.75) is 25.2 Å². The van der Waals surface area contributed by atoms with Gasteiger partial charge in [0.15, 0.2) is 5.78 Å². The number of hydrogen-bond donors (Lipinski definition) is 1. The minimum atomic E-state index is -0.634. The number of nitriles is 1. The number of nitro benzene ring substituents is 1. The van der Waals surface area contributed by atoms with Gasteiger partial charge in [-0.3, -0.25) is 19.8 Å². The van der Waals surface area contributed by atoms with Crippen LogP contribution in [0.1, 0.15) is 30.7 Å². The van der Waals surface area contributed by atoms with Crippen LogP contribution in [0.25, 0.3) is 0 Å². The first-order valence-corrected chi connectivity index (χ1v) is 10.2. The smallest absolute Gasteiger partial charge is 0.269 e. The molecular weight excluding hydrogens is 448 g/mol. The third-order valence-corrected chi connectivity index (χ3v) is 5.96. The molecule has 30 heavy (non-hydrogen) atoms. The largest absolute Gasteiger partial charge is 0.384 e. The van der Waals surface area contributed by atoms with Crippen LogP contribution in [0.15, 0.2) is 75.7 Å². The van der Waals surface area contributed by atoms with Gasteiger partial charge in [0, 0.05) is 40.0 Å². The third kappa shape index (κ3) is 3.27. The van der Waals surface area contributed by atoms with Crippen molar-refractivity contribution in [3.63, 3.8) is 0 Å². The number of Topliss-reactive ketones (excluding diaryl/α,β-unsaturated/α-hetero) is 1. The second-order valence-electron chi connectivity index (χ2n) is 7.14. The van der Waals surface area contributed by atoms with Gasteiger partial charge in [0.05, 0.1) is 22.5 Å². The second-order valence-corrected chi connectivity index (χ2v) is 8.06. The minimum Gasteiger partial charge on any atom is -0.384 e. The third-order valence-electron chi connectivity index (χ3n) is 5.44. The van der Waals surface area contributed by atoms with Gasteiger partial charge in [-0.15, -0.1) is 0 Å². The summed E-state index contributed by atoms with van der Waals surface area (Å²) in [6.07, 6.45) is 1.75. The van der Waals surface area contributed by atoms with Crippen molar-refractivity contribution >= 4 is 33.1 Å². The van der Waals surface area contributed by atoms with Crippen molar-refractivity contribution < 1.29 is 9.72 Å². The van der Waals surface area contributed by atoms with E-state index in [1.54, 1.807) is 17.0 Å². The van der Waals surface area contributed by atoms with Crippen LogP contribution in [-0.4, -0.2) is 10.7 Å². The van der Waals surface area contributed by atoms with Gasteiger partial charge in [-0.25, -0.2) is 0 Å². The molecule has 2 aromatic rings. The number of ketones is 1. The zero-order valence-corrected chi connectivity index (χ0v) is 17.4. The fourth-order valence-corrected chi connectivity index (χ4v) is 4.36. The molecule has 2 N–H and O–H groups in total. The Balaban J connectivity index is 1.92. The number of carbonyl (C=O) groups is 1. The van der Waals surface area contributed by atoms with Crippen LogP contribution in [0, 0.1) is 21.4 Å². The molecule has 7 nitrogen and oxygen atoms in total. The molecule has 1 heterocycles. The van der Waals surface area contributed by atoms with E-state index in [9.17, 15) is 20.2 Å². The molecule has 1 atom stereocenters. The lowest BCUT2D eigenvalue weighted by molar-refractivity contribution is -0.384. The van der Waals surface area contributed by atoms with Gasteiger partial charge in [0.1, 0.15) is 5.82 Å². The van der Waals surface area contributed by atoms with Crippen molar-refractivity contribution in [2.24, 2.45) is 5.73 Å². The summed E-state index contributed by atoms with van der Waals surface area (Å²) in [5.41, 5.74) is 9.43. The number of non-ortho nitro benzene ring substituents is 1. The predicted molar refractivity (Wildman–Crippen MR) is 115 cm³/mol. The molecule has 1 aliphatic carbocycles. The number of hydrogen-bond acceptors (Lipinski definition) is 6. The number of carbonyl (C=O) groups excluding carboxylic acids is 1. The summed E-state index contributed by atoms with van der Waals surface area (Å²) in [6.45, 7) is 0. The summed E-state index contributed by atoms with van der Waals surface area (Å²) in [7, 11) is 0. The van der Waals surface area contributed by atoms with Crippen LogP contribution >= 0.6 is 15.9 Å². The van der Waals surface area contributed by atoms with Gasteiger partial charge in [0.25, 0.3) is 5.69 Å². The van der Waals surface area contributed by atoms with Gasteiger partial charge < -0.3 is 5.73 Å². The topological polar surface area (TPSA) is 113 Å². The highest BCUT2D eigenvalue weighted by Gasteiger charge is 2.40. The highest BCUT2D eigenvalue weighted by molar-refractivity contribution is 9.10. The van der Waals surface area contributed by atoms with Crippen LogP contribution in [0.4, 0.5) is 11.4 Å². The van der Waals surface area contributed by atoms with Crippen LogP contribution < -0.4 is 10.6 Å². The molecule has 0 bridgehead atoms. The van der Waals surface area contributed by atoms with Gasteiger partial charge in [-0.2, -0.15) is 5.26 Å². The Morgan fingerprint density at radius 3 is 2.40 bits per heavy atom. The van der Waals surface area contributed by atoms with Crippen LogP contribution in [0.5, 0.6) is 0 Å². The summed E-state index contributed by atoms with van der Waals surface area (Å²) in [6, 6.07) is 15.6. The Morgan fingerprint density at radius 2 is 1.80 bits per heavy atom. The van der Waals surface area contributed by atoms with Crippen LogP contribution in [-0.2, 0) is 4.79 Å². The van der Waals surface area contributed by atoms with E-state index in [1.807, 2.05) is 24.3 Å². The zero-order chi connectivity index (χ0) is 21.4. The monoisotopic (exact) mass is 464 g/mol. The van der Waals surface area contributed by atoms with E-state index >= 15 is 0 Å². The van der Waals surface area contributed by atoms with E-state index in [0.717, 1.165) is 15.9 Å². The molecule has 8 heteroatoms. The maximum Gasteiger partial charge on any atom is 0.269 e. The quantitative estimate of drug-likeness (QED) is 0.521. The minimum absolute atomic E-state index is 0.0260. The lowest BCUT2D eigenvalue weighted by atomic mass is 9.75. The molecular formula is C22H17BrN4O3. The maximum absolute atomic E-state index is 13.0. The number of nitrogens with two attached hydrogens (primary N) is 1. The number of rotatable bonds is 3. The first-order valence-electron chi connectivity index (χ1n) is 9.38. The molecule has 0 spiro atoms. The number of halogens is 1. The second kappa shape index (κ2) is 7.76. The number of allylic oxidation sites excluding steroid dienone is 3. The van der Waals surface area contributed by atoms with E-state index in [4.69, 9.17) is 5.73 Å². The molecule has 1 unspecified atom stereocenters. The highest BCUT2D eigenvalue weighted by Crippen LogP contribution is 2.46. The number of benzene rings is 2. The van der Waals surface area contributed by atoms with E-state index in [0.29, 0.717) is 30.4 Å². The van der Waals surface area contributed by atoms with Crippen molar-refractivity contribution in [3.05, 3.63) is 91.3 Å². The van der Waals surface area contributed by atoms with Crippen molar-refractivity contribution in [2.75, 3.05) is 4.90 Å². The molecule has 0 saturated carbocycles. The Labute approximate surface area is 181 Å².